The van der Waals surface area contributed by atoms with E-state index in [1.807, 2.05) is 30.4 Å². The van der Waals surface area contributed by atoms with E-state index in [4.69, 9.17) is 0 Å². The number of rotatable bonds is 6. The third kappa shape index (κ3) is 3.51. The second-order valence-electron chi connectivity index (χ2n) is 5.80. The zero-order chi connectivity index (χ0) is 14.7. The Hall–Kier alpha value is -2.10. The van der Waals surface area contributed by atoms with Crippen molar-refractivity contribution in [1.29, 1.82) is 0 Å². The highest BCUT2D eigenvalue weighted by Gasteiger charge is 2.25. The van der Waals surface area contributed by atoms with Crippen LogP contribution < -0.4 is 4.90 Å². The van der Waals surface area contributed by atoms with Gasteiger partial charge in [-0.1, -0.05) is 37.1 Å². The first-order valence-electron chi connectivity index (χ1n) is 7.58. The third-order valence-electron chi connectivity index (χ3n) is 4.14. The average molecular weight is 284 g/mol. The second kappa shape index (κ2) is 6.12. The van der Waals surface area contributed by atoms with Gasteiger partial charge in [-0.15, -0.1) is 0 Å². The predicted molar refractivity (Wildman–Crippen MR) is 83.8 cm³/mol. The number of anilines is 1. The first-order valence-corrected chi connectivity index (χ1v) is 7.58. The van der Waals surface area contributed by atoms with Crippen LogP contribution in [-0.2, 0) is 0 Å². The van der Waals surface area contributed by atoms with E-state index in [2.05, 4.69) is 17.0 Å². The highest BCUT2D eigenvalue weighted by atomic mass is 16.6. The molecular weight excluding hydrogens is 264 g/mol. The van der Waals surface area contributed by atoms with Gasteiger partial charge in [-0.2, -0.15) is 0 Å². The summed E-state index contributed by atoms with van der Waals surface area (Å²) >= 11 is 0. The van der Waals surface area contributed by atoms with Gasteiger partial charge in [0, 0.05) is 35.3 Å². The van der Waals surface area contributed by atoms with Crippen molar-refractivity contribution in [3.05, 3.63) is 64.4 Å². The summed E-state index contributed by atoms with van der Waals surface area (Å²) in [5.74, 6) is 0.843. The topological polar surface area (TPSA) is 46.4 Å². The lowest BCUT2D eigenvalue weighted by Crippen LogP contribution is -2.28. The number of para-hydroxylation sites is 1. The van der Waals surface area contributed by atoms with E-state index in [0.717, 1.165) is 30.3 Å². The maximum absolute atomic E-state index is 11.0. The summed E-state index contributed by atoms with van der Waals surface area (Å²) in [6.07, 6.45) is 10.0. The molecule has 0 bridgehead atoms. The highest BCUT2D eigenvalue weighted by Crippen LogP contribution is 2.34. The van der Waals surface area contributed by atoms with Crippen LogP contribution in [0.5, 0.6) is 0 Å². The normalized spacial score (nSPS) is 21.0. The molecule has 21 heavy (non-hydrogen) atoms. The van der Waals surface area contributed by atoms with Crippen LogP contribution >= 0.6 is 0 Å². The minimum atomic E-state index is -0.600. The lowest BCUT2D eigenvalue weighted by atomic mass is 10.1. The summed E-state index contributed by atoms with van der Waals surface area (Å²) < 4.78 is 0. The Morgan fingerprint density at radius 2 is 2.00 bits per heavy atom. The first kappa shape index (κ1) is 13.9. The zero-order valence-corrected chi connectivity index (χ0v) is 12.0. The van der Waals surface area contributed by atoms with Crippen molar-refractivity contribution in [2.24, 2.45) is 5.92 Å². The van der Waals surface area contributed by atoms with E-state index in [-0.39, 0.29) is 4.92 Å². The van der Waals surface area contributed by atoms with Crippen molar-refractivity contribution in [2.45, 2.75) is 31.7 Å². The molecule has 0 spiro atoms. The van der Waals surface area contributed by atoms with Crippen LogP contribution in [0, 0.1) is 16.0 Å². The maximum atomic E-state index is 11.0. The molecule has 1 aromatic carbocycles. The minimum absolute atomic E-state index is 0.201. The second-order valence-corrected chi connectivity index (χ2v) is 5.80. The molecule has 0 aliphatic heterocycles. The van der Waals surface area contributed by atoms with Gasteiger partial charge in [0.15, 0.2) is 0 Å². The molecule has 2 aliphatic carbocycles. The van der Waals surface area contributed by atoms with Crippen molar-refractivity contribution in [1.82, 2.24) is 0 Å². The van der Waals surface area contributed by atoms with Crippen LogP contribution in [0.4, 0.5) is 5.69 Å². The summed E-state index contributed by atoms with van der Waals surface area (Å²) in [4.78, 5) is 13.1. The molecule has 1 atom stereocenters. The molecule has 3 rings (SSSR count). The largest absolute Gasteiger partial charge is 0.342 e. The molecule has 1 saturated carbocycles. The fourth-order valence-electron chi connectivity index (χ4n) is 2.71. The van der Waals surface area contributed by atoms with Crippen LogP contribution in [0.3, 0.4) is 0 Å². The number of hydrogen-bond donors (Lipinski definition) is 0. The Labute approximate surface area is 124 Å². The van der Waals surface area contributed by atoms with Crippen molar-refractivity contribution in [2.75, 3.05) is 11.4 Å². The predicted octanol–water partition coefficient (Wildman–Crippen LogP) is 3.78. The Balaban J connectivity index is 1.83. The SMILES string of the molecule is O=[N+]([O-])C1C=C(N(CCC2CC2)c2ccccc2)C=CC1. The lowest BCUT2D eigenvalue weighted by molar-refractivity contribution is -0.508. The minimum Gasteiger partial charge on any atom is -0.342 e. The Morgan fingerprint density at radius 1 is 1.24 bits per heavy atom. The van der Waals surface area contributed by atoms with Gasteiger partial charge in [0.1, 0.15) is 0 Å². The molecule has 0 amide bonds. The Morgan fingerprint density at radius 3 is 2.67 bits per heavy atom. The molecule has 0 saturated heterocycles. The fraction of sp³-hybridized carbons (Fsp3) is 0.412. The molecule has 1 fully saturated rings. The van der Waals surface area contributed by atoms with E-state index in [1.165, 1.54) is 12.8 Å². The summed E-state index contributed by atoms with van der Waals surface area (Å²) in [6, 6.07) is 9.55. The van der Waals surface area contributed by atoms with E-state index >= 15 is 0 Å². The summed E-state index contributed by atoms with van der Waals surface area (Å²) in [6.45, 7) is 0.926. The quantitative estimate of drug-likeness (QED) is 0.590. The number of hydrogen-bond acceptors (Lipinski definition) is 3. The number of allylic oxidation sites excluding steroid dienone is 1. The van der Waals surface area contributed by atoms with Crippen molar-refractivity contribution >= 4 is 5.69 Å². The zero-order valence-electron chi connectivity index (χ0n) is 12.0. The van der Waals surface area contributed by atoms with Crippen molar-refractivity contribution < 1.29 is 4.92 Å². The number of nitro groups is 1. The molecule has 0 heterocycles. The van der Waals surface area contributed by atoms with Crippen LogP contribution in [0.15, 0.2) is 54.3 Å². The van der Waals surface area contributed by atoms with Gasteiger partial charge in [0.25, 0.3) is 0 Å². The van der Waals surface area contributed by atoms with Gasteiger partial charge in [0.05, 0.1) is 0 Å². The molecule has 110 valence electrons. The molecule has 0 radical (unpaired) electrons. The van der Waals surface area contributed by atoms with Gasteiger partial charge >= 0.3 is 0 Å². The van der Waals surface area contributed by atoms with Crippen LogP contribution in [-0.4, -0.2) is 17.5 Å². The average Bonchev–Trinajstić information content (AvgIpc) is 3.33. The van der Waals surface area contributed by atoms with Gasteiger partial charge < -0.3 is 4.90 Å². The Kier molecular flexibility index (Phi) is 4.04. The summed E-state index contributed by atoms with van der Waals surface area (Å²) in [7, 11) is 0. The molecule has 0 aromatic heterocycles. The van der Waals surface area contributed by atoms with Crippen LogP contribution in [0.2, 0.25) is 0 Å². The van der Waals surface area contributed by atoms with E-state index in [9.17, 15) is 10.1 Å². The van der Waals surface area contributed by atoms with Crippen LogP contribution in [0.1, 0.15) is 25.7 Å². The summed E-state index contributed by atoms with van der Waals surface area (Å²) in [5.41, 5.74) is 2.06. The fourth-order valence-corrected chi connectivity index (χ4v) is 2.71. The van der Waals surface area contributed by atoms with E-state index < -0.39 is 6.04 Å². The van der Waals surface area contributed by atoms with Gasteiger partial charge in [-0.05, 0) is 30.5 Å². The van der Waals surface area contributed by atoms with E-state index in [0.29, 0.717) is 6.42 Å². The van der Waals surface area contributed by atoms with Crippen LogP contribution in [0.25, 0.3) is 0 Å². The number of benzene rings is 1. The Bertz CT molecular complexity index is 561. The molecule has 1 unspecified atom stereocenters. The van der Waals surface area contributed by atoms with Crippen molar-refractivity contribution in [3.8, 4) is 0 Å². The molecule has 0 N–H and O–H groups in total. The summed E-state index contributed by atoms with van der Waals surface area (Å²) in [5, 5.41) is 11.0. The molecule has 1 aromatic rings. The highest BCUT2D eigenvalue weighted by molar-refractivity contribution is 5.55. The van der Waals surface area contributed by atoms with E-state index in [1.54, 1.807) is 6.08 Å². The smallest absolute Gasteiger partial charge is 0.236 e. The monoisotopic (exact) mass is 284 g/mol. The molecule has 4 nitrogen and oxygen atoms in total. The molecule has 4 heteroatoms. The van der Waals surface area contributed by atoms with Gasteiger partial charge in [0.2, 0.25) is 6.04 Å². The maximum Gasteiger partial charge on any atom is 0.236 e. The molecule has 2 aliphatic rings. The first-order chi connectivity index (χ1) is 10.2. The third-order valence-corrected chi connectivity index (χ3v) is 4.14. The molecular formula is C17H20N2O2. The van der Waals surface area contributed by atoms with Crippen molar-refractivity contribution in [3.63, 3.8) is 0 Å². The lowest BCUT2D eigenvalue weighted by Gasteiger charge is -2.27. The number of nitrogens with zero attached hydrogens (tertiary/aromatic N) is 2. The van der Waals surface area contributed by atoms with Gasteiger partial charge in [-0.25, -0.2) is 0 Å². The van der Waals surface area contributed by atoms with Gasteiger partial charge in [-0.3, -0.25) is 10.1 Å². The standard InChI is InChI=1S/C17H20N2O2/c20-19(21)17-8-4-7-16(13-17)18(12-11-14-9-10-14)15-5-2-1-3-6-15/h1-7,13-14,17H,8-12H2.